The van der Waals surface area contributed by atoms with Crippen LogP contribution < -0.4 is 15.0 Å². The SMILES string of the molecule is CCOc1ccccc1N1CCN(C(=S)Nc2cc(S(=O)(=O)N(CC)CC)ccc2C)CC1. The number of hydrogen-bond donors (Lipinski definition) is 1. The molecule has 33 heavy (non-hydrogen) atoms. The first-order valence-electron chi connectivity index (χ1n) is 11.4. The van der Waals surface area contributed by atoms with Gasteiger partial charge in [-0.2, -0.15) is 4.31 Å². The van der Waals surface area contributed by atoms with Gasteiger partial charge in [0.15, 0.2) is 5.11 Å². The molecule has 0 radical (unpaired) electrons. The molecule has 1 aliphatic heterocycles. The predicted octanol–water partition coefficient (Wildman–Crippen LogP) is 3.94. The lowest BCUT2D eigenvalue weighted by atomic mass is 10.2. The van der Waals surface area contributed by atoms with Gasteiger partial charge >= 0.3 is 0 Å². The molecule has 1 N–H and O–H groups in total. The third-order valence-electron chi connectivity index (χ3n) is 5.87. The topological polar surface area (TPSA) is 65.1 Å². The number of ether oxygens (including phenoxy) is 1. The highest BCUT2D eigenvalue weighted by molar-refractivity contribution is 7.89. The van der Waals surface area contributed by atoms with Crippen molar-refractivity contribution in [3.8, 4) is 5.75 Å². The second-order valence-electron chi connectivity index (χ2n) is 7.87. The average Bonchev–Trinajstić information content (AvgIpc) is 2.81. The second-order valence-corrected chi connectivity index (χ2v) is 10.2. The van der Waals surface area contributed by atoms with E-state index in [0.717, 1.165) is 48.9 Å². The number of sulfonamides is 1. The van der Waals surface area contributed by atoms with Crippen molar-refractivity contribution in [2.75, 3.05) is 56.1 Å². The molecule has 180 valence electrons. The van der Waals surface area contributed by atoms with Gasteiger partial charge in [0, 0.05) is 45.0 Å². The molecule has 3 rings (SSSR count). The normalized spacial score (nSPS) is 14.5. The summed E-state index contributed by atoms with van der Waals surface area (Å²) in [5, 5.41) is 3.89. The van der Waals surface area contributed by atoms with E-state index in [0.29, 0.717) is 24.8 Å². The maximum absolute atomic E-state index is 12.9. The molecule has 0 aromatic heterocycles. The Bertz CT molecular complexity index is 1060. The van der Waals surface area contributed by atoms with Crippen LogP contribution in [0.1, 0.15) is 26.3 Å². The van der Waals surface area contributed by atoms with Crippen molar-refractivity contribution < 1.29 is 13.2 Å². The monoisotopic (exact) mass is 490 g/mol. The third kappa shape index (κ3) is 5.77. The zero-order valence-corrected chi connectivity index (χ0v) is 21.5. The van der Waals surface area contributed by atoms with Gasteiger partial charge in [-0.25, -0.2) is 8.42 Å². The number of anilines is 2. The van der Waals surface area contributed by atoms with Crippen LogP contribution in [0.25, 0.3) is 0 Å². The van der Waals surface area contributed by atoms with Crippen LogP contribution in [0.3, 0.4) is 0 Å². The van der Waals surface area contributed by atoms with Crippen molar-refractivity contribution in [2.24, 2.45) is 0 Å². The van der Waals surface area contributed by atoms with Crippen LogP contribution >= 0.6 is 12.2 Å². The molecule has 9 heteroatoms. The van der Waals surface area contributed by atoms with Crippen LogP contribution in [0.15, 0.2) is 47.4 Å². The first-order valence-corrected chi connectivity index (χ1v) is 13.3. The molecule has 0 bridgehead atoms. The van der Waals surface area contributed by atoms with E-state index in [9.17, 15) is 8.42 Å². The number of nitrogens with zero attached hydrogens (tertiary/aromatic N) is 3. The fourth-order valence-corrected chi connectivity index (χ4v) is 5.73. The lowest BCUT2D eigenvalue weighted by molar-refractivity contribution is 0.336. The first kappa shape index (κ1) is 25.3. The van der Waals surface area contributed by atoms with E-state index in [1.165, 1.54) is 4.31 Å². The van der Waals surface area contributed by atoms with Crippen molar-refractivity contribution in [3.63, 3.8) is 0 Å². The molecule has 1 aliphatic rings. The van der Waals surface area contributed by atoms with Gasteiger partial charge in [-0.1, -0.05) is 32.0 Å². The third-order valence-corrected chi connectivity index (χ3v) is 8.27. The Morgan fingerprint density at radius 1 is 1.06 bits per heavy atom. The molecule has 0 atom stereocenters. The largest absolute Gasteiger partial charge is 0.492 e. The Morgan fingerprint density at radius 2 is 1.73 bits per heavy atom. The first-order chi connectivity index (χ1) is 15.8. The fraction of sp³-hybridized carbons (Fsp3) is 0.458. The number of para-hydroxylation sites is 2. The van der Waals surface area contributed by atoms with Crippen LogP contribution in [0.4, 0.5) is 11.4 Å². The minimum Gasteiger partial charge on any atom is -0.492 e. The molecule has 0 spiro atoms. The van der Waals surface area contributed by atoms with Crippen molar-refractivity contribution >= 4 is 38.7 Å². The van der Waals surface area contributed by atoms with Gasteiger partial charge in [0.2, 0.25) is 10.0 Å². The van der Waals surface area contributed by atoms with Crippen LogP contribution in [-0.2, 0) is 10.0 Å². The lowest BCUT2D eigenvalue weighted by Gasteiger charge is -2.38. The molecule has 2 aromatic rings. The van der Waals surface area contributed by atoms with Crippen molar-refractivity contribution in [1.82, 2.24) is 9.21 Å². The highest BCUT2D eigenvalue weighted by atomic mass is 32.2. The minimum atomic E-state index is -3.53. The Balaban J connectivity index is 1.68. The number of rotatable bonds is 8. The molecule has 1 heterocycles. The van der Waals surface area contributed by atoms with Crippen LogP contribution in [0.2, 0.25) is 0 Å². The summed E-state index contributed by atoms with van der Waals surface area (Å²) in [4.78, 5) is 4.71. The Morgan fingerprint density at radius 3 is 2.36 bits per heavy atom. The molecular formula is C24H34N4O3S2. The van der Waals surface area contributed by atoms with Crippen molar-refractivity contribution in [1.29, 1.82) is 0 Å². The van der Waals surface area contributed by atoms with Crippen LogP contribution in [0.5, 0.6) is 5.75 Å². The van der Waals surface area contributed by atoms with E-state index < -0.39 is 10.0 Å². The number of piperazine rings is 1. The molecule has 0 amide bonds. The van der Waals surface area contributed by atoms with E-state index in [4.69, 9.17) is 17.0 Å². The maximum atomic E-state index is 12.9. The molecule has 2 aromatic carbocycles. The number of nitrogens with one attached hydrogen (secondary N) is 1. The molecule has 0 saturated carbocycles. The van der Waals surface area contributed by atoms with E-state index >= 15 is 0 Å². The number of thiocarbonyl (C=S) groups is 1. The molecule has 7 nitrogen and oxygen atoms in total. The summed E-state index contributed by atoms with van der Waals surface area (Å²) < 4.78 is 33.1. The van der Waals surface area contributed by atoms with Gasteiger partial charge in [0.25, 0.3) is 0 Å². The Hall–Kier alpha value is -2.36. The Labute approximate surface area is 203 Å². The summed E-state index contributed by atoms with van der Waals surface area (Å²) in [6, 6.07) is 13.3. The van der Waals surface area contributed by atoms with Crippen LogP contribution in [0, 0.1) is 6.92 Å². The second kappa shape index (κ2) is 11.2. The van der Waals surface area contributed by atoms with Gasteiger partial charge < -0.3 is 19.9 Å². The molecule has 1 saturated heterocycles. The summed E-state index contributed by atoms with van der Waals surface area (Å²) in [6.45, 7) is 12.3. The zero-order chi connectivity index (χ0) is 24.0. The van der Waals surface area contributed by atoms with Gasteiger partial charge in [-0.15, -0.1) is 0 Å². The van der Waals surface area contributed by atoms with E-state index in [1.54, 1.807) is 12.1 Å². The number of benzene rings is 2. The number of aryl methyl sites for hydroxylation is 1. The fourth-order valence-electron chi connectivity index (χ4n) is 3.95. The molecule has 0 aliphatic carbocycles. The van der Waals surface area contributed by atoms with Gasteiger partial charge in [-0.3, -0.25) is 0 Å². The summed E-state index contributed by atoms with van der Waals surface area (Å²) in [7, 11) is -3.53. The maximum Gasteiger partial charge on any atom is 0.243 e. The smallest absolute Gasteiger partial charge is 0.243 e. The zero-order valence-electron chi connectivity index (χ0n) is 19.9. The summed E-state index contributed by atoms with van der Waals surface area (Å²) in [5.74, 6) is 0.899. The molecule has 1 fully saturated rings. The summed E-state index contributed by atoms with van der Waals surface area (Å²) in [6.07, 6.45) is 0. The van der Waals surface area contributed by atoms with Gasteiger partial charge in [0.05, 0.1) is 17.2 Å². The van der Waals surface area contributed by atoms with E-state index in [2.05, 4.69) is 21.2 Å². The lowest BCUT2D eigenvalue weighted by Crippen LogP contribution is -2.50. The number of hydrogen-bond acceptors (Lipinski definition) is 5. The van der Waals surface area contributed by atoms with Crippen molar-refractivity contribution in [2.45, 2.75) is 32.6 Å². The average molecular weight is 491 g/mol. The predicted molar refractivity (Wildman–Crippen MR) is 139 cm³/mol. The van der Waals surface area contributed by atoms with Crippen molar-refractivity contribution in [3.05, 3.63) is 48.0 Å². The van der Waals surface area contributed by atoms with Gasteiger partial charge in [-0.05, 0) is 55.9 Å². The van der Waals surface area contributed by atoms with Gasteiger partial charge in [0.1, 0.15) is 5.75 Å². The van der Waals surface area contributed by atoms with E-state index in [1.807, 2.05) is 52.0 Å². The summed E-state index contributed by atoms with van der Waals surface area (Å²) in [5.41, 5.74) is 2.76. The summed E-state index contributed by atoms with van der Waals surface area (Å²) >= 11 is 5.68. The van der Waals surface area contributed by atoms with Crippen LogP contribution in [-0.4, -0.2) is 68.6 Å². The Kier molecular flexibility index (Phi) is 8.56. The van der Waals surface area contributed by atoms with E-state index in [-0.39, 0.29) is 4.90 Å². The standard InChI is InChI=1S/C24H34N4O3S2/c1-5-28(6-2)33(29,30)20-13-12-19(4)21(18-20)25-24(32)27-16-14-26(15-17-27)22-10-8-9-11-23(22)31-7-3/h8-13,18H,5-7,14-17H2,1-4H3,(H,25,32). The highest BCUT2D eigenvalue weighted by Gasteiger charge is 2.24. The highest BCUT2D eigenvalue weighted by Crippen LogP contribution is 2.29. The minimum absolute atomic E-state index is 0.277. The molecular weight excluding hydrogens is 456 g/mol. The molecule has 0 unspecified atom stereocenters. The quantitative estimate of drug-likeness (QED) is 0.562.